The fraction of sp³-hybridized carbons (Fsp3) is 0.303. The lowest BCUT2D eigenvalue weighted by Crippen LogP contribution is -2.55. The van der Waals surface area contributed by atoms with Gasteiger partial charge in [-0.25, -0.2) is 19.2 Å². The summed E-state index contributed by atoms with van der Waals surface area (Å²) in [5, 5.41) is 0.336. The molecule has 0 atom stereocenters. The first kappa shape index (κ1) is 35.5. The Labute approximate surface area is 294 Å². The van der Waals surface area contributed by atoms with Crippen LogP contribution in [0.25, 0.3) is 5.57 Å². The van der Waals surface area contributed by atoms with E-state index in [0.717, 1.165) is 62.2 Å². The number of aryl methyl sites for hydroxylation is 1. The first-order chi connectivity index (χ1) is 22.8. The molecule has 11 nitrogen and oxygen atoms in total. The number of nitrogens with zero attached hydrogens (tertiary/aromatic N) is 1. The normalized spacial score (nSPS) is 17.5. The molecule has 0 aliphatic carbocycles. The van der Waals surface area contributed by atoms with Crippen LogP contribution in [0, 0.1) is 6.92 Å². The molecule has 1 spiro atoms. The van der Waals surface area contributed by atoms with Crippen molar-refractivity contribution in [1.29, 1.82) is 0 Å². The van der Waals surface area contributed by atoms with Crippen LogP contribution in [0.5, 0.6) is 5.75 Å². The van der Waals surface area contributed by atoms with Crippen LogP contribution in [-0.4, -0.2) is 74.4 Å². The third-order valence-electron chi connectivity index (χ3n) is 7.73. The largest absolute Gasteiger partial charge is 0.482 e. The number of ether oxygens (including phenoxy) is 5. The Hall–Kier alpha value is -3.85. The Morgan fingerprint density at radius 3 is 1.92 bits per heavy atom. The van der Waals surface area contributed by atoms with E-state index in [4.69, 9.17) is 35.3 Å². The first-order valence-corrected chi connectivity index (χ1v) is 17.0. The number of anilines is 1. The highest BCUT2D eigenvalue weighted by molar-refractivity contribution is 8.26. The summed E-state index contributed by atoms with van der Waals surface area (Å²) < 4.78 is 24.6. The number of halogens is 1. The number of benzene rings is 2. The number of hydrogen-bond donors (Lipinski definition) is 0. The molecule has 1 amide bonds. The zero-order valence-corrected chi connectivity index (χ0v) is 30.1. The fourth-order valence-electron chi connectivity index (χ4n) is 5.64. The maximum atomic E-state index is 14.2. The number of carbonyl (C=O) groups is 5. The summed E-state index contributed by atoms with van der Waals surface area (Å²) >= 11 is 8.97. The van der Waals surface area contributed by atoms with Gasteiger partial charge in [0.15, 0.2) is 6.61 Å². The molecule has 3 aliphatic rings. The van der Waals surface area contributed by atoms with Gasteiger partial charge in [0.25, 0.3) is 5.91 Å². The van der Waals surface area contributed by atoms with E-state index >= 15 is 0 Å². The molecule has 0 N–H and O–H groups in total. The maximum Gasteiger partial charge on any atom is 0.345 e. The average molecular weight is 732 g/mol. The van der Waals surface area contributed by atoms with E-state index in [1.807, 2.05) is 19.1 Å². The van der Waals surface area contributed by atoms with Gasteiger partial charge in [-0.2, -0.15) is 0 Å². The lowest BCUT2D eigenvalue weighted by Gasteiger charge is -2.50. The number of methoxy groups -OCH3 is 4. The Bertz CT molecular complexity index is 1840. The second-order valence-corrected chi connectivity index (χ2v) is 15.1. The molecule has 0 fully saturated rings. The number of esters is 4. The molecule has 0 bridgehead atoms. The van der Waals surface area contributed by atoms with E-state index in [-0.39, 0.29) is 26.9 Å². The predicted molar refractivity (Wildman–Crippen MR) is 184 cm³/mol. The number of fused-ring (bicyclic) bond motifs is 3. The maximum absolute atomic E-state index is 14.2. The van der Waals surface area contributed by atoms with Gasteiger partial charge in [-0.3, -0.25) is 9.69 Å². The minimum Gasteiger partial charge on any atom is -0.482 e. The highest BCUT2D eigenvalue weighted by Crippen LogP contribution is 2.71. The smallest absolute Gasteiger partial charge is 0.345 e. The third kappa shape index (κ3) is 5.78. The molecular formula is C33H30ClNO10S3. The molecule has 15 heteroatoms. The van der Waals surface area contributed by atoms with Gasteiger partial charge in [-0.15, -0.1) is 0 Å². The number of rotatable bonds is 7. The number of thioether (sulfide) groups is 3. The van der Waals surface area contributed by atoms with Crippen LogP contribution < -0.4 is 9.64 Å². The van der Waals surface area contributed by atoms with Crippen molar-refractivity contribution < 1.29 is 47.7 Å². The summed E-state index contributed by atoms with van der Waals surface area (Å²) in [5.74, 6) is -3.53. The summed E-state index contributed by atoms with van der Waals surface area (Å²) in [6, 6.07) is 12.2. The lowest BCUT2D eigenvalue weighted by atomic mass is 9.83. The lowest BCUT2D eigenvalue weighted by molar-refractivity contribution is -0.138. The zero-order valence-electron chi connectivity index (χ0n) is 26.9. The molecule has 252 valence electrons. The minimum absolute atomic E-state index is 0.128. The second-order valence-electron chi connectivity index (χ2n) is 11.0. The van der Waals surface area contributed by atoms with Gasteiger partial charge in [0.1, 0.15) is 24.5 Å². The molecule has 2 aromatic carbocycles. The highest BCUT2D eigenvalue weighted by atomic mass is 35.5. The Morgan fingerprint density at radius 1 is 0.792 bits per heavy atom. The van der Waals surface area contributed by atoms with Crippen molar-refractivity contribution in [3.8, 4) is 5.75 Å². The first-order valence-electron chi connectivity index (χ1n) is 14.2. The van der Waals surface area contributed by atoms with Crippen molar-refractivity contribution in [2.24, 2.45) is 0 Å². The SMILES string of the molecule is COC(=O)C1=C(C(=O)OC)SC2(S1)C(C(=O)OC)=C(C(=O)OC)SC1=C2c2ccc(C)cc2N(C(=O)COc2ccccc2Cl)C1(C)C. The van der Waals surface area contributed by atoms with Crippen molar-refractivity contribution in [2.45, 2.75) is 30.4 Å². The zero-order chi connectivity index (χ0) is 35.1. The molecule has 3 aliphatic heterocycles. The average Bonchev–Trinajstić information content (AvgIpc) is 3.46. The molecule has 3 heterocycles. The predicted octanol–water partition coefficient (Wildman–Crippen LogP) is 5.64. The molecule has 48 heavy (non-hydrogen) atoms. The van der Waals surface area contributed by atoms with Crippen molar-refractivity contribution in [2.75, 3.05) is 39.9 Å². The monoisotopic (exact) mass is 731 g/mol. The van der Waals surface area contributed by atoms with Crippen molar-refractivity contribution >= 4 is 87.9 Å². The molecule has 0 unspecified atom stereocenters. The van der Waals surface area contributed by atoms with Gasteiger partial charge in [0.05, 0.1) is 50.3 Å². The molecular weight excluding hydrogens is 702 g/mol. The van der Waals surface area contributed by atoms with E-state index < -0.39 is 39.4 Å². The van der Waals surface area contributed by atoms with E-state index in [0.29, 0.717) is 32.5 Å². The fourth-order valence-corrected chi connectivity index (χ4v) is 10.9. The number of para-hydroxylation sites is 1. The van der Waals surface area contributed by atoms with Gasteiger partial charge in [-0.05, 0) is 44.5 Å². The third-order valence-corrected chi connectivity index (χ3v) is 12.7. The number of carbonyl (C=O) groups excluding carboxylic acids is 5. The Morgan fingerprint density at radius 2 is 1.35 bits per heavy atom. The topological polar surface area (TPSA) is 135 Å². The van der Waals surface area contributed by atoms with E-state index in [2.05, 4.69) is 0 Å². The second kappa shape index (κ2) is 13.6. The standard InChI is InChI=1S/C33H30ClNO10S3/c1-16-12-13-17-19(14-16)35(21(36)15-45-20-11-9-8-10-18(20)34)32(2,3)27-22(17)33(23(28(37)41-4)24(46-27)29(38)42-5)47-25(30(39)43-6)26(48-33)31(40)44-7/h8-14H,15H2,1-7H3. The molecule has 0 saturated carbocycles. The summed E-state index contributed by atoms with van der Waals surface area (Å²) in [6.45, 7) is 5.07. The van der Waals surface area contributed by atoms with Gasteiger partial charge in [0, 0.05) is 16.0 Å². The Balaban J connectivity index is 1.79. The van der Waals surface area contributed by atoms with Gasteiger partial charge < -0.3 is 23.7 Å². The number of amides is 1. The molecule has 5 rings (SSSR count). The van der Waals surface area contributed by atoms with Gasteiger partial charge >= 0.3 is 23.9 Å². The molecule has 0 radical (unpaired) electrons. The summed E-state index contributed by atoms with van der Waals surface area (Å²) in [6.07, 6.45) is 0. The van der Waals surface area contributed by atoms with Gasteiger partial charge in [0.2, 0.25) is 0 Å². The van der Waals surface area contributed by atoms with Crippen molar-refractivity contribution in [3.05, 3.63) is 83.8 Å². The molecule has 2 aromatic rings. The van der Waals surface area contributed by atoms with Crippen LogP contribution >= 0.6 is 46.9 Å². The van der Waals surface area contributed by atoms with Crippen LogP contribution in [0.15, 0.2) is 67.7 Å². The number of hydrogen-bond acceptors (Lipinski definition) is 13. The van der Waals surface area contributed by atoms with Crippen molar-refractivity contribution in [3.63, 3.8) is 0 Å². The molecule has 0 aromatic heterocycles. The van der Waals surface area contributed by atoms with Gasteiger partial charge in [-0.1, -0.05) is 71.2 Å². The Kier molecular flexibility index (Phi) is 10.0. The summed E-state index contributed by atoms with van der Waals surface area (Å²) in [7, 11) is 4.65. The van der Waals surface area contributed by atoms with Crippen LogP contribution in [-0.2, 0) is 42.9 Å². The van der Waals surface area contributed by atoms with Crippen LogP contribution in [0.2, 0.25) is 5.02 Å². The van der Waals surface area contributed by atoms with E-state index in [9.17, 15) is 24.0 Å². The highest BCUT2D eigenvalue weighted by Gasteiger charge is 2.61. The van der Waals surface area contributed by atoms with Crippen molar-refractivity contribution in [1.82, 2.24) is 0 Å². The quantitative estimate of drug-likeness (QED) is 0.257. The summed E-state index contributed by atoms with van der Waals surface area (Å²) in [4.78, 5) is 69.5. The van der Waals surface area contributed by atoms with Crippen LogP contribution in [0.3, 0.4) is 0 Å². The van der Waals surface area contributed by atoms with E-state index in [1.54, 1.807) is 49.1 Å². The van der Waals surface area contributed by atoms with Crippen LogP contribution in [0.1, 0.15) is 25.0 Å². The van der Waals surface area contributed by atoms with E-state index in [1.165, 1.54) is 7.11 Å². The molecule has 0 saturated heterocycles. The minimum atomic E-state index is -1.67. The summed E-state index contributed by atoms with van der Waals surface area (Å²) in [5.41, 5.74) is 0.937. The van der Waals surface area contributed by atoms with Crippen LogP contribution in [0.4, 0.5) is 5.69 Å².